The van der Waals surface area contributed by atoms with Gasteiger partial charge in [0.25, 0.3) is 0 Å². The maximum Gasteiger partial charge on any atom is 0.136 e. The Bertz CT molecular complexity index is 159. The molecule has 1 unspecified atom stereocenters. The van der Waals surface area contributed by atoms with Crippen molar-refractivity contribution < 1.29 is 4.79 Å². The largest absolute Gasteiger partial charge is 0.316 e. The molecule has 0 radical (unpaired) electrons. The van der Waals surface area contributed by atoms with Gasteiger partial charge in [0.05, 0.1) is 0 Å². The average Bonchev–Trinajstić information content (AvgIpc) is 2.53. The Morgan fingerprint density at radius 1 is 1.67 bits per heavy atom. The molecule has 0 aromatic rings. The molecule has 0 aromatic carbocycles. The third-order valence-electron chi connectivity index (χ3n) is 2.37. The van der Waals surface area contributed by atoms with E-state index in [0.717, 1.165) is 31.8 Å². The minimum absolute atomic E-state index is 0.330. The molecule has 1 heterocycles. The second-order valence-electron chi connectivity index (χ2n) is 3.43. The van der Waals surface area contributed by atoms with Crippen LogP contribution >= 0.6 is 0 Å². The van der Waals surface area contributed by atoms with Crippen LogP contribution < -0.4 is 5.32 Å². The van der Waals surface area contributed by atoms with Crippen LogP contribution in [0.3, 0.4) is 0 Å². The summed E-state index contributed by atoms with van der Waals surface area (Å²) < 4.78 is 0. The maximum atomic E-state index is 11.1. The predicted molar refractivity (Wildman–Crippen MR) is 50.0 cm³/mol. The number of carbonyl (C=O) groups is 1. The van der Waals surface area contributed by atoms with Gasteiger partial charge in [-0.3, -0.25) is 4.79 Å². The number of nitrogens with one attached hydrogen (secondary N) is 1. The van der Waals surface area contributed by atoms with Crippen molar-refractivity contribution >= 4 is 5.78 Å². The van der Waals surface area contributed by atoms with Crippen LogP contribution in [0.5, 0.6) is 0 Å². The Labute approximate surface area is 74.0 Å². The van der Waals surface area contributed by atoms with E-state index in [4.69, 9.17) is 0 Å². The molecule has 68 valence electrons. The van der Waals surface area contributed by atoms with Gasteiger partial charge in [-0.05, 0) is 31.8 Å². The lowest BCUT2D eigenvalue weighted by molar-refractivity contribution is -0.118. The lowest BCUT2D eigenvalue weighted by Gasteiger charge is -2.05. The molecule has 1 N–H and O–H groups in total. The fourth-order valence-electron chi connectivity index (χ4n) is 1.59. The molecule has 2 nitrogen and oxygen atoms in total. The number of ketones is 1. The van der Waals surface area contributed by atoms with Gasteiger partial charge in [0.15, 0.2) is 0 Å². The van der Waals surface area contributed by atoms with Crippen molar-refractivity contribution in [2.45, 2.75) is 25.7 Å². The SMILES string of the molecule is C=CCC(=O)CCC1CCNC1. The van der Waals surface area contributed by atoms with Crippen LogP contribution in [0, 0.1) is 5.92 Å². The fourth-order valence-corrected chi connectivity index (χ4v) is 1.59. The lowest BCUT2D eigenvalue weighted by Crippen LogP contribution is -2.10. The first kappa shape index (κ1) is 9.46. The van der Waals surface area contributed by atoms with E-state index >= 15 is 0 Å². The number of allylic oxidation sites excluding steroid dienone is 1. The quantitative estimate of drug-likeness (QED) is 0.629. The molecular formula is C10H17NO. The molecule has 0 aromatic heterocycles. The van der Waals surface area contributed by atoms with E-state index in [9.17, 15) is 4.79 Å². The van der Waals surface area contributed by atoms with E-state index < -0.39 is 0 Å². The standard InChI is InChI=1S/C10H17NO/c1-2-3-10(12)5-4-9-6-7-11-8-9/h2,9,11H,1,3-8H2. The molecule has 0 saturated carbocycles. The number of Topliss-reactive ketones (excluding diaryl/α,β-unsaturated/α-hetero) is 1. The lowest BCUT2D eigenvalue weighted by atomic mass is 10.00. The van der Waals surface area contributed by atoms with E-state index in [2.05, 4.69) is 11.9 Å². The van der Waals surface area contributed by atoms with E-state index in [1.54, 1.807) is 6.08 Å². The van der Waals surface area contributed by atoms with Gasteiger partial charge in [0, 0.05) is 12.8 Å². The van der Waals surface area contributed by atoms with Crippen LogP contribution in [-0.4, -0.2) is 18.9 Å². The molecule has 0 bridgehead atoms. The fraction of sp³-hybridized carbons (Fsp3) is 0.700. The molecule has 1 atom stereocenters. The zero-order chi connectivity index (χ0) is 8.81. The summed E-state index contributed by atoms with van der Waals surface area (Å²) in [6.07, 6.45) is 5.26. The summed E-state index contributed by atoms with van der Waals surface area (Å²) in [5.74, 6) is 1.07. The Balaban J connectivity index is 2.07. The Kier molecular flexibility index (Phi) is 4.01. The summed E-state index contributed by atoms with van der Waals surface area (Å²) >= 11 is 0. The summed E-state index contributed by atoms with van der Waals surface area (Å²) in [4.78, 5) is 11.1. The summed E-state index contributed by atoms with van der Waals surface area (Å²) in [6, 6.07) is 0. The highest BCUT2D eigenvalue weighted by Gasteiger charge is 2.14. The van der Waals surface area contributed by atoms with E-state index in [0.29, 0.717) is 12.2 Å². The minimum atomic E-state index is 0.330. The number of rotatable bonds is 5. The summed E-state index contributed by atoms with van der Waals surface area (Å²) in [5, 5.41) is 3.30. The van der Waals surface area contributed by atoms with Crippen molar-refractivity contribution in [1.82, 2.24) is 5.32 Å². The molecule has 0 spiro atoms. The molecule has 1 rings (SSSR count). The van der Waals surface area contributed by atoms with Crippen molar-refractivity contribution in [2.75, 3.05) is 13.1 Å². The first-order valence-corrected chi connectivity index (χ1v) is 4.66. The molecule has 0 amide bonds. The van der Waals surface area contributed by atoms with E-state index in [1.807, 2.05) is 0 Å². The second kappa shape index (κ2) is 5.09. The molecule has 12 heavy (non-hydrogen) atoms. The van der Waals surface area contributed by atoms with Crippen LogP contribution in [0.15, 0.2) is 12.7 Å². The third kappa shape index (κ3) is 3.18. The van der Waals surface area contributed by atoms with Crippen molar-refractivity contribution in [3.63, 3.8) is 0 Å². The summed E-state index contributed by atoms with van der Waals surface area (Å²) in [5.41, 5.74) is 0. The van der Waals surface area contributed by atoms with Crippen molar-refractivity contribution in [3.05, 3.63) is 12.7 Å². The van der Waals surface area contributed by atoms with E-state index in [-0.39, 0.29) is 0 Å². The van der Waals surface area contributed by atoms with Crippen LogP contribution in [0.2, 0.25) is 0 Å². The Morgan fingerprint density at radius 2 is 2.50 bits per heavy atom. The monoisotopic (exact) mass is 167 g/mol. The van der Waals surface area contributed by atoms with Gasteiger partial charge in [0.2, 0.25) is 0 Å². The molecule has 2 heteroatoms. The highest BCUT2D eigenvalue weighted by molar-refractivity contribution is 5.79. The van der Waals surface area contributed by atoms with Gasteiger partial charge in [-0.25, -0.2) is 0 Å². The Morgan fingerprint density at radius 3 is 3.08 bits per heavy atom. The third-order valence-corrected chi connectivity index (χ3v) is 2.37. The number of carbonyl (C=O) groups excluding carboxylic acids is 1. The number of hydrogen-bond donors (Lipinski definition) is 1. The Hall–Kier alpha value is -0.630. The zero-order valence-corrected chi connectivity index (χ0v) is 7.51. The first-order valence-electron chi connectivity index (χ1n) is 4.66. The highest BCUT2D eigenvalue weighted by Crippen LogP contribution is 2.14. The van der Waals surface area contributed by atoms with Gasteiger partial charge >= 0.3 is 0 Å². The van der Waals surface area contributed by atoms with Gasteiger partial charge in [-0.2, -0.15) is 0 Å². The van der Waals surface area contributed by atoms with Crippen molar-refractivity contribution in [3.8, 4) is 0 Å². The van der Waals surface area contributed by atoms with Crippen LogP contribution in [0.4, 0.5) is 0 Å². The van der Waals surface area contributed by atoms with Crippen LogP contribution in [-0.2, 0) is 4.79 Å². The van der Waals surface area contributed by atoms with E-state index in [1.165, 1.54) is 6.42 Å². The summed E-state index contributed by atoms with van der Waals surface area (Å²) in [6.45, 7) is 5.77. The van der Waals surface area contributed by atoms with Gasteiger partial charge in [0.1, 0.15) is 5.78 Å². The highest BCUT2D eigenvalue weighted by atomic mass is 16.1. The first-order chi connectivity index (χ1) is 5.83. The van der Waals surface area contributed by atoms with Crippen molar-refractivity contribution in [1.29, 1.82) is 0 Å². The smallest absolute Gasteiger partial charge is 0.136 e. The normalized spacial score (nSPS) is 22.5. The van der Waals surface area contributed by atoms with Crippen molar-refractivity contribution in [2.24, 2.45) is 5.92 Å². The van der Waals surface area contributed by atoms with Crippen LogP contribution in [0.25, 0.3) is 0 Å². The van der Waals surface area contributed by atoms with Gasteiger partial charge in [-0.15, -0.1) is 6.58 Å². The summed E-state index contributed by atoms with van der Waals surface area (Å²) in [7, 11) is 0. The molecule has 1 aliphatic rings. The molecule has 1 fully saturated rings. The van der Waals surface area contributed by atoms with Gasteiger partial charge in [-0.1, -0.05) is 6.08 Å². The molecule has 0 aliphatic carbocycles. The molecular weight excluding hydrogens is 150 g/mol. The van der Waals surface area contributed by atoms with Crippen LogP contribution in [0.1, 0.15) is 25.7 Å². The average molecular weight is 167 g/mol. The number of hydrogen-bond acceptors (Lipinski definition) is 2. The second-order valence-corrected chi connectivity index (χ2v) is 3.43. The molecule has 1 aliphatic heterocycles. The zero-order valence-electron chi connectivity index (χ0n) is 7.51. The predicted octanol–water partition coefficient (Wildman–Crippen LogP) is 1.52. The molecule has 1 saturated heterocycles. The maximum absolute atomic E-state index is 11.1. The van der Waals surface area contributed by atoms with Gasteiger partial charge < -0.3 is 5.32 Å². The topological polar surface area (TPSA) is 29.1 Å². The minimum Gasteiger partial charge on any atom is -0.316 e.